The Morgan fingerprint density at radius 3 is 2.56 bits per heavy atom. The van der Waals surface area contributed by atoms with E-state index >= 15 is 0 Å². The number of aromatic amines is 1. The molecule has 0 spiro atoms. The Balaban J connectivity index is 1.55. The number of fused-ring (bicyclic) bond motifs is 1. The fraction of sp³-hybridized carbons (Fsp3) is 0.261. The highest BCUT2D eigenvalue weighted by atomic mass is 16.5. The van der Waals surface area contributed by atoms with Gasteiger partial charge in [0.05, 0.1) is 36.3 Å². The van der Waals surface area contributed by atoms with E-state index < -0.39 is 17.9 Å². The van der Waals surface area contributed by atoms with Crippen molar-refractivity contribution in [3.63, 3.8) is 0 Å². The van der Waals surface area contributed by atoms with Crippen molar-refractivity contribution in [3.05, 3.63) is 59.8 Å². The number of aromatic nitrogens is 1. The van der Waals surface area contributed by atoms with Gasteiger partial charge in [-0.2, -0.15) is 0 Å². The number of carboxylic acids is 1. The van der Waals surface area contributed by atoms with Crippen LogP contribution >= 0.6 is 0 Å². The minimum Gasteiger partial charge on any atom is -0.497 e. The molecule has 1 saturated carbocycles. The summed E-state index contributed by atoms with van der Waals surface area (Å²) in [7, 11) is 1.54. The molecule has 1 aliphatic carbocycles. The highest BCUT2D eigenvalue weighted by molar-refractivity contribution is 6.11. The average Bonchev–Trinajstić information content (AvgIpc) is 3.47. The highest BCUT2D eigenvalue weighted by Gasteiger charge is 2.24. The van der Waals surface area contributed by atoms with Crippen molar-refractivity contribution < 1.29 is 24.2 Å². The molecular formula is C23H24N4O5. The number of benzene rings is 2. The van der Waals surface area contributed by atoms with Gasteiger partial charge < -0.3 is 30.8 Å². The second-order valence-corrected chi connectivity index (χ2v) is 7.70. The molecule has 2 aromatic carbocycles. The summed E-state index contributed by atoms with van der Waals surface area (Å²) in [6.07, 6.45) is 3.25. The third-order valence-corrected chi connectivity index (χ3v) is 5.32. The van der Waals surface area contributed by atoms with E-state index in [0.717, 1.165) is 12.8 Å². The predicted octanol–water partition coefficient (Wildman–Crippen LogP) is 3.41. The van der Waals surface area contributed by atoms with Crippen molar-refractivity contribution in [3.8, 4) is 5.75 Å². The van der Waals surface area contributed by atoms with E-state index in [4.69, 9.17) is 4.74 Å². The van der Waals surface area contributed by atoms with E-state index in [1.54, 1.807) is 55.8 Å². The van der Waals surface area contributed by atoms with E-state index in [-0.39, 0.29) is 18.5 Å². The molecule has 166 valence electrons. The Kier molecular flexibility index (Phi) is 5.98. The second-order valence-electron chi connectivity index (χ2n) is 7.70. The van der Waals surface area contributed by atoms with Gasteiger partial charge in [0, 0.05) is 17.6 Å². The van der Waals surface area contributed by atoms with Crippen molar-refractivity contribution in [2.45, 2.75) is 31.3 Å². The van der Waals surface area contributed by atoms with E-state index in [9.17, 15) is 19.5 Å². The van der Waals surface area contributed by atoms with Crippen LogP contribution in [0.2, 0.25) is 0 Å². The molecule has 0 unspecified atom stereocenters. The normalized spacial score (nSPS) is 13.9. The molecule has 0 saturated heterocycles. The lowest BCUT2D eigenvalue weighted by Gasteiger charge is -2.17. The number of hydrogen-bond donors (Lipinski definition) is 5. The first-order chi connectivity index (χ1) is 15.4. The van der Waals surface area contributed by atoms with Crippen molar-refractivity contribution in [1.29, 1.82) is 0 Å². The molecule has 4 rings (SSSR count). The Morgan fingerprint density at radius 2 is 1.91 bits per heavy atom. The summed E-state index contributed by atoms with van der Waals surface area (Å²) >= 11 is 0. The molecule has 1 aromatic heterocycles. The van der Waals surface area contributed by atoms with Crippen molar-refractivity contribution >= 4 is 34.5 Å². The number of H-pyrrole nitrogens is 1. The number of urea groups is 1. The van der Waals surface area contributed by atoms with Crippen LogP contribution in [-0.4, -0.2) is 41.1 Å². The highest BCUT2D eigenvalue weighted by Crippen LogP contribution is 2.27. The number of carboxylic acid groups (broad SMARTS) is 1. The molecule has 1 aliphatic rings. The third kappa shape index (κ3) is 4.83. The van der Waals surface area contributed by atoms with Gasteiger partial charge in [-0.25, -0.2) is 4.79 Å². The van der Waals surface area contributed by atoms with Crippen molar-refractivity contribution in [2.75, 3.05) is 12.4 Å². The van der Waals surface area contributed by atoms with Crippen LogP contribution in [0.25, 0.3) is 10.9 Å². The predicted molar refractivity (Wildman–Crippen MR) is 119 cm³/mol. The molecule has 9 heteroatoms. The van der Waals surface area contributed by atoms with Crippen molar-refractivity contribution in [2.24, 2.45) is 0 Å². The largest absolute Gasteiger partial charge is 0.497 e. The fourth-order valence-corrected chi connectivity index (χ4v) is 3.52. The minimum atomic E-state index is -1.03. The molecule has 32 heavy (non-hydrogen) atoms. The number of anilines is 1. The first kappa shape index (κ1) is 21.2. The molecule has 1 heterocycles. The van der Waals surface area contributed by atoms with E-state index in [1.165, 1.54) is 0 Å². The number of carbonyl (C=O) groups excluding carboxylic acids is 2. The van der Waals surface area contributed by atoms with Gasteiger partial charge in [0.2, 0.25) is 0 Å². The maximum atomic E-state index is 13.0. The first-order valence-corrected chi connectivity index (χ1v) is 10.3. The molecule has 3 aromatic rings. The van der Waals surface area contributed by atoms with Gasteiger partial charge in [-0.15, -0.1) is 0 Å². The van der Waals surface area contributed by atoms with Crippen LogP contribution in [0.3, 0.4) is 0 Å². The molecule has 3 amide bonds. The molecule has 0 bridgehead atoms. The summed E-state index contributed by atoms with van der Waals surface area (Å²) in [6.45, 7) is 0. The fourth-order valence-electron chi connectivity index (χ4n) is 3.52. The molecule has 9 nitrogen and oxygen atoms in total. The van der Waals surface area contributed by atoms with Crippen LogP contribution in [0.1, 0.15) is 41.2 Å². The number of hydrogen-bond acceptors (Lipinski definition) is 4. The number of para-hydroxylation sites is 1. The number of ether oxygens (including phenoxy) is 1. The summed E-state index contributed by atoms with van der Waals surface area (Å²) in [5, 5.41) is 18.4. The zero-order valence-corrected chi connectivity index (χ0v) is 17.5. The topological polar surface area (TPSA) is 133 Å². The van der Waals surface area contributed by atoms with Gasteiger partial charge >= 0.3 is 12.0 Å². The number of rotatable bonds is 8. The van der Waals surface area contributed by atoms with Crippen LogP contribution < -0.4 is 20.7 Å². The third-order valence-electron chi connectivity index (χ3n) is 5.32. The second kappa shape index (κ2) is 9.01. The number of amides is 3. The van der Waals surface area contributed by atoms with Gasteiger partial charge in [0.15, 0.2) is 0 Å². The van der Waals surface area contributed by atoms with Gasteiger partial charge in [-0.1, -0.05) is 24.3 Å². The van der Waals surface area contributed by atoms with Crippen LogP contribution in [0.15, 0.2) is 48.7 Å². The number of carbonyl (C=O) groups is 3. The zero-order chi connectivity index (χ0) is 22.7. The van der Waals surface area contributed by atoms with E-state index in [1.807, 2.05) is 0 Å². The van der Waals surface area contributed by atoms with Crippen LogP contribution in [-0.2, 0) is 4.79 Å². The Bertz CT molecular complexity index is 1150. The standard InChI is InChI=1S/C23H24N4O5/c1-32-15-9-5-13(6-10-15)19(11-20(28)29)26-22(30)17-12-24-21-16(17)3-2-4-18(21)27-23(31)25-14-7-8-14/h2-6,9-10,12,14,19,24H,7-8,11H2,1H3,(H,26,30)(H,28,29)(H2,25,27,31)/t19-/m1/s1. The quantitative estimate of drug-likeness (QED) is 0.369. The number of nitrogens with one attached hydrogen (secondary N) is 4. The van der Waals surface area contributed by atoms with Crippen molar-refractivity contribution in [1.82, 2.24) is 15.6 Å². The number of methoxy groups -OCH3 is 1. The lowest BCUT2D eigenvalue weighted by Crippen LogP contribution is -2.30. The van der Waals surface area contributed by atoms with Gasteiger partial charge in [-0.3, -0.25) is 9.59 Å². The lowest BCUT2D eigenvalue weighted by atomic mass is 10.0. The Hall–Kier alpha value is -4.01. The maximum Gasteiger partial charge on any atom is 0.319 e. The van der Waals surface area contributed by atoms with Gasteiger partial charge in [0.1, 0.15) is 5.75 Å². The smallest absolute Gasteiger partial charge is 0.319 e. The average molecular weight is 436 g/mol. The van der Waals surface area contributed by atoms with E-state index in [0.29, 0.717) is 33.5 Å². The maximum absolute atomic E-state index is 13.0. The van der Waals surface area contributed by atoms with Crippen LogP contribution in [0, 0.1) is 0 Å². The number of aliphatic carboxylic acids is 1. The molecule has 0 radical (unpaired) electrons. The molecular weight excluding hydrogens is 412 g/mol. The van der Waals surface area contributed by atoms with Gasteiger partial charge in [-0.05, 0) is 36.6 Å². The zero-order valence-electron chi connectivity index (χ0n) is 17.5. The van der Waals surface area contributed by atoms with E-state index in [2.05, 4.69) is 20.9 Å². The molecule has 0 aliphatic heterocycles. The molecule has 1 atom stereocenters. The Labute approximate surface area is 184 Å². The SMILES string of the molecule is COc1ccc([C@@H](CC(=O)O)NC(=O)c2c[nH]c3c(NC(=O)NC4CC4)cccc23)cc1. The lowest BCUT2D eigenvalue weighted by molar-refractivity contribution is -0.137. The van der Waals surface area contributed by atoms with Crippen LogP contribution in [0.5, 0.6) is 5.75 Å². The summed E-state index contributed by atoms with van der Waals surface area (Å²) in [4.78, 5) is 39.6. The molecule has 1 fully saturated rings. The summed E-state index contributed by atoms with van der Waals surface area (Å²) in [5.41, 5.74) is 2.18. The first-order valence-electron chi connectivity index (χ1n) is 10.3. The molecule has 5 N–H and O–H groups in total. The van der Waals surface area contributed by atoms with Gasteiger partial charge in [0.25, 0.3) is 5.91 Å². The summed E-state index contributed by atoms with van der Waals surface area (Å²) in [6, 6.07) is 11.4. The minimum absolute atomic E-state index is 0.225. The summed E-state index contributed by atoms with van der Waals surface area (Å²) in [5.74, 6) is -0.812. The van der Waals surface area contributed by atoms with Crippen LogP contribution in [0.4, 0.5) is 10.5 Å². The Morgan fingerprint density at radius 1 is 1.16 bits per heavy atom. The monoisotopic (exact) mass is 436 g/mol. The summed E-state index contributed by atoms with van der Waals surface area (Å²) < 4.78 is 5.14.